The molecule has 2 aromatic heterocycles. The Kier molecular flexibility index (Phi) is 6.11. The quantitative estimate of drug-likeness (QED) is 0.567. The SMILES string of the molecule is O=C(c1ccc(S(=O)(=O)OS(=O)(=O)c2ccc(C(=O)N3CCOCC3)o2)o1)N1CCCC1. The van der Waals surface area contributed by atoms with Gasteiger partial charge in [0.2, 0.25) is 10.2 Å². The molecule has 0 unspecified atom stereocenters. The maximum absolute atomic E-state index is 12.4. The highest BCUT2D eigenvalue weighted by molar-refractivity contribution is 7.99. The van der Waals surface area contributed by atoms with Crippen LogP contribution in [0, 0.1) is 0 Å². The van der Waals surface area contributed by atoms with Crippen molar-refractivity contribution in [2.24, 2.45) is 0 Å². The fourth-order valence-corrected chi connectivity index (χ4v) is 5.66. The topological polar surface area (TPSA) is 154 Å². The van der Waals surface area contributed by atoms with Gasteiger partial charge < -0.3 is 23.4 Å². The summed E-state index contributed by atoms with van der Waals surface area (Å²) in [6.45, 7) is 2.34. The number of carbonyl (C=O) groups is 2. The van der Waals surface area contributed by atoms with E-state index in [1.54, 1.807) is 0 Å². The van der Waals surface area contributed by atoms with E-state index in [4.69, 9.17) is 13.6 Å². The van der Waals surface area contributed by atoms with Crippen LogP contribution >= 0.6 is 0 Å². The monoisotopic (exact) mass is 488 g/mol. The van der Waals surface area contributed by atoms with Gasteiger partial charge in [-0.15, -0.1) is 3.63 Å². The van der Waals surface area contributed by atoms with E-state index >= 15 is 0 Å². The minimum absolute atomic E-state index is 0.247. The molecule has 0 N–H and O–H groups in total. The maximum atomic E-state index is 12.4. The van der Waals surface area contributed by atoms with E-state index in [1.165, 1.54) is 9.80 Å². The number of hydrogen-bond acceptors (Lipinski definition) is 10. The fourth-order valence-electron chi connectivity index (χ4n) is 3.32. The minimum atomic E-state index is -4.94. The third-order valence-electron chi connectivity index (χ3n) is 4.95. The van der Waals surface area contributed by atoms with Gasteiger partial charge in [-0.3, -0.25) is 9.59 Å². The maximum Gasteiger partial charge on any atom is 0.345 e. The second-order valence-corrected chi connectivity index (χ2v) is 10.3. The summed E-state index contributed by atoms with van der Waals surface area (Å²) in [6, 6.07) is 4.10. The molecule has 0 aromatic carbocycles. The number of rotatable bonds is 6. The van der Waals surface area contributed by atoms with Gasteiger partial charge >= 0.3 is 20.2 Å². The summed E-state index contributed by atoms with van der Waals surface area (Å²) in [4.78, 5) is 27.6. The number of carbonyl (C=O) groups excluding carboxylic acids is 2. The van der Waals surface area contributed by atoms with Crippen molar-refractivity contribution in [1.82, 2.24) is 9.80 Å². The van der Waals surface area contributed by atoms with E-state index < -0.39 is 42.2 Å². The van der Waals surface area contributed by atoms with E-state index in [0.717, 1.165) is 37.1 Å². The van der Waals surface area contributed by atoms with E-state index in [2.05, 4.69) is 3.63 Å². The molecule has 0 spiro atoms. The number of likely N-dealkylation sites (tertiary alicyclic amines) is 1. The molecule has 4 heterocycles. The van der Waals surface area contributed by atoms with E-state index in [0.29, 0.717) is 39.4 Å². The first-order valence-corrected chi connectivity index (χ1v) is 12.6. The number of ether oxygens (including phenoxy) is 1. The van der Waals surface area contributed by atoms with Crippen LogP contribution in [0.4, 0.5) is 0 Å². The van der Waals surface area contributed by atoms with Crippen LogP contribution in [-0.4, -0.2) is 77.8 Å². The summed E-state index contributed by atoms with van der Waals surface area (Å²) in [7, 11) is -9.87. The lowest BCUT2D eigenvalue weighted by Crippen LogP contribution is -2.40. The van der Waals surface area contributed by atoms with E-state index in [9.17, 15) is 26.4 Å². The summed E-state index contributed by atoms with van der Waals surface area (Å²) >= 11 is 0. The summed E-state index contributed by atoms with van der Waals surface area (Å²) in [5, 5.41) is -1.71. The van der Waals surface area contributed by atoms with Gasteiger partial charge in [-0.25, -0.2) is 0 Å². The predicted molar refractivity (Wildman–Crippen MR) is 105 cm³/mol. The van der Waals surface area contributed by atoms with Crippen molar-refractivity contribution in [2.45, 2.75) is 23.0 Å². The van der Waals surface area contributed by atoms with Crippen molar-refractivity contribution < 1.29 is 43.6 Å². The highest BCUT2D eigenvalue weighted by Gasteiger charge is 2.34. The Morgan fingerprint density at radius 2 is 1.16 bits per heavy atom. The molecule has 2 aliphatic heterocycles. The minimum Gasteiger partial charge on any atom is -0.437 e. The second-order valence-electron chi connectivity index (χ2n) is 7.12. The summed E-state index contributed by atoms with van der Waals surface area (Å²) in [5.41, 5.74) is 0. The third-order valence-corrected chi connectivity index (χ3v) is 7.81. The first kappa shape index (κ1) is 22.5. The van der Waals surface area contributed by atoms with Crippen molar-refractivity contribution >= 4 is 32.1 Å². The number of furan rings is 2. The Morgan fingerprint density at radius 1 is 0.719 bits per heavy atom. The molecule has 0 bridgehead atoms. The zero-order valence-electron chi connectivity index (χ0n) is 16.8. The van der Waals surface area contributed by atoms with E-state index in [-0.39, 0.29) is 11.5 Å². The molecular weight excluding hydrogens is 468 g/mol. The number of hydrogen-bond donors (Lipinski definition) is 0. The van der Waals surface area contributed by atoms with Gasteiger partial charge in [0.25, 0.3) is 11.8 Å². The number of amides is 2. The Bertz CT molecular complexity index is 1220. The standard InChI is InChI=1S/C18H20N2O10S2/c21-17(19-7-1-2-8-19)13-3-5-15(28-13)31(23,24)30-32(25,26)16-6-4-14(29-16)18(22)20-9-11-27-12-10-20/h3-6H,1-2,7-12H2. The van der Waals surface area contributed by atoms with Crippen LogP contribution in [0.3, 0.4) is 0 Å². The molecule has 2 saturated heterocycles. The normalized spacial score (nSPS) is 17.6. The van der Waals surface area contributed by atoms with Crippen molar-refractivity contribution in [1.29, 1.82) is 0 Å². The smallest absolute Gasteiger partial charge is 0.345 e. The molecule has 2 amide bonds. The second kappa shape index (κ2) is 8.69. The zero-order chi connectivity index (χ0) is 22.9. The molecule has 2 fully saturated rings. The molecule has 32 heavy (non-hydrogen) atoms. The molecule has 174 valence electrons. The van der Waals surface area contributed by atoms with Crippen molar-refractivity contribution in [3.63, 3.8) is 0 Å². The zero-order valence-corrected chi connectivity index (χ0v) is 18.4. The van der Waals surface area contributed by atoms with Gasteiger partial charge in [0.05, 0.1) is 13.2 Å². The van der Waals surface area contributed by atoms with Crippen LogP contribution in [0.15, 0.2) is 43.3 Å². The predicted octanol–water partition coefficient (Wildman–Crippen LogP) is 0.675. The lowest BCUT2D eigenvalue weighted by Gasteiger charge is -2.25. The largest absolute Gasteiger partial charge is 0.437 e. The molecule has 0 aliphatic carbocycles. The molecule has 12 nitrogen and oxygen atoms in total. The molecule has 2 aliphatic rings. The Labute approximate surface area is 183 Å². The Hall–Kier alpha value is -2.68. The first-order valence-electron chi connectivity index (χ1n) is 9.74. The molecule has 14 heteroatoms. The third kappa shape index (κ3) is 4.57. The van der Waals surface area contributed by atoms with Crippen molar-refractivity contribution in [2.75, 3.05) is 39.4 Å². The molecule has 2 aromatic rings. The molecule has 4 rings (SSSR count). The van der Waals surface area contributed by atoms with Crippen LogP contribution in [0.25, 0.3) is 0 Å². The summed E-state index contributed by atoms with van der Waals surface area (Å²) in [5.74, 6) is -1.59. The highest BCUT2D eigenvalue weighted by atomic mass is 32.3. The van der Waals surface area contributed by atoms with Gasteiger partial charge in [0.15, 0.2) is 11.5 Å². The molecule has 0 radical (unpaired) electrons. The van der Waals surface area contributed by atoms with Crippen LogP contribution in [0.1, 0.15) is 34.0 Å². The fraction of sp³-hybridized carbons (Fsp3) is 0.444. The average Bonchev–Trinajstić information content (AvgIpc) is 3.54. The van der Waals surface area contributed by atoms with Gasteiger partial charge in [-0.1, -0.05) is 0 Å². The Morgan fingerprint density at radius 3 is 1.62 bits per heavy atom. The number of nitrogens with zero attached hydrogens (tertiary/aromatic N) is 2. The van der Waals surface area contributed by atoms with E-state index in [1.807, 2.05) is 0 Å². The lowest BCUT2D eigenvalue weighted by molar-refractivity contribution is 0.0279. The summed E-state index contributed by atoms with van der Waals surface area (Å²) in [6.07, 6.45) is 1.66. The van der Waals surface area contributed by atoms with Crippen molar-refractivity contribution in [3.05, 3.63) is 35.8 Å². The number of morpholine rings is 1. The van der Waals surface area contributed by atoms with Crippen LogP contribution in [0.2, 0.25) is 0 Å². The average molecular weight is 488 g/mol. The van der Waals surface area contributed by atoms with Crippen LogP contribution in [-0.2, 0) is 28.6 Å². The molecular formula is C18H20N2O10S2. The Balaban J connectivity index is 1.49. The van der Waals surface area contributed by atoms with Crippen molar-refractivity contribution in [3.8, 4) is 0 Å². The van der Waals surface area contributed by atoms with Crippen LogP contribution < -0.4 is 0 Å². The lowest BCUT2D eigenvalue weighted by atomic mass is 10.3. The molecule has 0 saturated carbocycles. The van der Waals surface area contributed by atoms with Gasteiger partial charge in [0, 0.05) is 26.2 Å². The van der Waals surface area contributed by atoms with Crippen LogP contribution in [0.5, 0.6) is 0 Å². The molecule has 0 atom stereocenters. The highest BCUT2D eigenvalue weighted by Crippen LogP contribution is 2.25. The summed E-state index contributed by atoms with van der Waals surface area (Å²) < 4.78 is 69.3. The van der Waals surface area contributed by atoms with Gasteiger partial charge in [-0.2, -0.15) is 16.8 Å². The van der Waals surface area contributed by atoms with Gasteiger partial charge in [-0.05, 0) is 37.1 Å². The van der Waals surface area contributed by atoms with Gasteiger partial charge in [0.1, 0.15) is 0 Å². The first-order chi connectivity index (χ1) is 15.2.